The van der Waals surface area contributed by atoms with E-state index in [9.17, 15) is 15.0 Å². The van der Waals surface area contributed by atoms with Gasteiger partial charge in [0, 0.05) is 12.0 Å². The van der Waals surface area contributed by atoms with Gasteiger partial charge in [-0.05, 0) is 32.0 Å². The molecule has 5 heteroatoms. The van der Waals surface area contributed by atoms with Crippen molar-refractivity contribution in [2.24, 2.45) is 0 Å². The molecule has 0 aliphatic rings. The summed E-state index contributed by atoms with van der Waals surface area (Å²) < 4.78 is 10.5. The molecule has 0 aliphatic heterocycles. The third-order valence-corrected chi connectivity index (χ3v) is 2.86. The van der Waals surface area contributed by atoms with Crippen LogP contribution in [0, 0.1) is 0 Å². The van der Waals surface area contributed by atoms with E-state index in [1.165, 1.54) is 12.1 Å². The molecule has 0 saturated carbocycles. The van der Waals surface area contributed by atoms with E-state index in [1.807, 2.05) is 6.92 Å². The summed E-state index contributed by atoms with van der Waals surface area (Å²) in [6, 6.07) is 4.24. The standard InChI is InChI=1S/C16H20O5/c1-5-15(10(3)16(19)20-6-2)21-11(4)12-7-8-13(17)14(18)9-12/h7-9,17-18H,4-6H2,1-3H3. The molecule has 0 aliphatic carbocycles. The van der Waals surface area contributed by atoms with Crippen LogP contribution in [0.3, 0.4) is 0 Å². The highest BCUT2D eigenvalue weighted by Crippen LogP contribution is 2.29. The summed E-state index contributed by atoms with van der Waals surface area (Å²) in [5.74, 6) is -0.200. The van der Waals surface area contributed by atoms with E-state index in [1.54, 1.807) is 19.9 Å². The van der Waals surface area contributed by atoms with Crippen LogP contribution in [0.5, 0.6) is 11.5 Å². The number of hydrogen-bond acceptors (Lipinski definition) is 5. The third kappa shape index (κ3) is 4.27. The van der Waals surface area contributed by atoms with Crippen molar-refractivity contribution < 1.29 is 24.5 Å². The van der Waals surface area contributed by atoms with Crippen LogP contribution in [0.1, 0.15) is 32.8 Å². The number of hydrogen-bond donors (Lipinski definition) is 2. The number of phenolic OH excluding ortho intramolecular Hbond substituents is 2. The molecule has 2 N–H and O–H groups in total. The first kappa shape index (κ1) is 16.6. The highest BCUT2D eigenvalue weighted by Gasteiger charge is 2.14. The average molecular weight is 292 g/mol. The lowest BCUT2D eigenvalue weighted by atomic mass is 10.1. The molecule has 0 amide bonds. The van der Waals surface area contributed by atoms with Gasteiger partial charge >= 0.3 is 5.97 Å². The number of phenols is 2. The fraction of sp³-hybridized carbons (Fsp3) is 0.312. The average Bonchev–Trinajstić information content (AvgIpc) is 2.46. The Morgan fingerprint density at radius 1 is 1.24 bits per heavy atom. The van der Waals surface area contributed by atoms with Crippen LogP contribution in [-0.2, 0) is 14.3 Å². The predicted octanol–water partition coefficient (Wildman–Crippen LogP) is 3.33. The normalized spacial score (nSPS) is 11.6. The highest BCUT2D eigenvalue weighted by molar-refractivity contribution is 5.88. The molecule has 0 saturated heterocycles. The lowest BCUT2D eigenvalue weighted by molar-refractivity contribution is -0.138. The van der Waals surface area contributed by atoms with E-state index < -0.39 is 5.97 Å². The van der Waals surface area contributed by atoms with E-state index >= 15 is 0 Å². The molecule has 0 radical (unpaired) electrons. The Morgan fingerprint density at radius 2 is 1.90 bits per heavy atom. The smallest absolute Gasteiger partial charge is 0.337 e. The number of allylic oxidation sites excluding steroid dienone is 1. The Balaban J connectivity index is 2.95. The van der Waals surface area contributed by atoms with E-state index in [0.717, 1.165) is 0 Å². The van der Waals surface area contributed by atoms with Gasteiger partial charge in [0.25, 0.3) is 0 Å². The largest absolute Gasteiger partial charge is 0.504 e. The van der Waals surface area contributed by atoms with Crippen LogP contribution in [-0.4, -0.2) is 22.8 Å². The highest BCUT2D eigenvalue weighted by atomic mass is 16.5. The number of esters is 1. The van der Waals surface area contributed by atoms with Gasteiger partial charge in [0.05, 0.1) is 12.2 Å². The van der Waals surface area contributed by atoms with E-state index in [-0.39, 0.29) is 17.3 Å². The summed E-state index contributed by atoms with van der Waals surface area (Å²) >= 11 is 0. The number of rotatable bonds is 6. The molecule has 0 unspecified atom stereocenters. The zero-order valence-electron chi connectivity index (χ0n) is 12.5. The van der Waals surface area contributed by atoms with Crippen molar-refractivity contribution in [3.8, 4) is 11.5 Å². The molecule has 1 aromatic rings. The lowest BCUT2D eigenvalue weighted by Crippen LogP contribution is -2.09. The number of carbonyl (C=O) groups excluding carboxylic acids is 1. The summed E-state index contributed by atoms with van der Waals surface area (Å²) in [5.41, 5.74) is 0.886. The molecule has 0 bridgehead atoms. The van der Waals surface area contributed by atoms with Gasteiger partial charge in [-0.25, -0.2) is 4.79 Å². The predicted molar refractivity (Wildman–Crippen MR) is 79.5 cm³/mol. The molecule has 21 heavy (non-hydrogen) atoms. The first-order valence-electron chi connectivity index (χ1n) is 6.66. The molecule has 5 nitrogen and oxygen atoms in total. The zero-order chi connectivity index (χ0) is 16.0. The van der Waals surface area contributed by atoms with Crippen LogP contribution >= 0.6 is 0 Å². The minimum Gasteiger partial charge on any atom is -0.504 e. The van der Waals surface area contributed by atoms with Gasteiger partial charge < -0.3 is 19.7 Å². The Kier molecular flexibility index (Phi) is 5.84. The van der Waals surface area contributed by atoms with Gasteiger partial charge in [-0.1, -0.05) is 13.5 Å². The maximum atomic E-state index is 11.7. The van der Waals surface area contributed by atoms with Crippen LogP contribution in [0.4, 0.5) is 0 Å². The third-order valence-electron chi connectivity index (χ3n) is 2.86. The van der Waals surface area contributed by atoms with Gasteiger partial charge in [0.1, 0.15) is 11.5 Å². The fourth-order valence-electron chi connectivity index (χ4n) is 1.67. The second-order valence-electron chi connectivity index (χ2n) is 4.35. The minimum atomic E-state index is -0.435. The van der Waals surface area contributed by atoms with Gasteiger partial charge in [-0.3, -0.25) is 0 Å². The second kappa shape index (κ2) is 7.38. The maximum absolute atomic E-state index is 11.7. The molecule has 1 aromatic carbocycles. The molecule has 0 spiro atoms. The molecular formula is C16H20O5. The summed E-state index contributed by atoms with van der Waals surface area (Å²) in [7, 11) is 0. The van der Waals surface area contributed by atoms with Gasteiger partial charge in [0.15, 0.2) is 11.5 Å². The van der Waals surface area contributed by atoms with Crippen LogP contribution in [0.15, 0.2) is 36.1 Å². The van der Waals surface area contributed by atoms with Crippen molar-refractivity contribution in [1.82, 2.24) is 0 Å². The Morgan fingerprint density at radius 3 is 2.43 bits per heavy atom. The van der Waals surface area contributed by atoms with Crippen molar-refractivity contribution in [2.75, 3.05) is 6.61 Å². The molecular weight excluding hydrogens is 272 g/mol. The van der Waals surface area contributed by atoms with Gasteiger partial charge in [0.2, 0.25) is 0 Å². The SMILES string of the molecule is C=C(OC(CC)=C(C)C(=O)OCC)c1ccc(O)c(O)c1. The molecule has 114 valence electrons. The van der Waals surface area contributed by atoms with Crippen LogP contribution in [0.25, 0.3) is 5.76 Å². The van der Waals surface area contributed by atoms with E-state index in [0.29, 0.717) is 29.9 Å². The van der Waals surface area contributed by atoms with Crippen LogP contribution < -0.4 is 0 Å². The Bertz CT molecular complexity index is 572. The summed E-state index contributed by atoms with van der Waals surface area (Å²) in [6.45, 7) is 9.26. The topological polar surface area (TPSA) is 76.0 Å². The number of aromatic hydroxyl groups is 2. The maximum Gasteiger partial charge on any atom is 0.337 e. The lowest BCUT2D eigenvalue weighted by Gasteiger charge is -2.14. The monoisotopic (exact) mass is 292 g/mol. The first-order valence-corrected chi connectivity index (χ1v) is 6.66. The number of carbonyl (C=O) groups is 1. The first-order chi connectivity index (χ1) is 9.90. The molecule has 0 aromatic heterocycles. The minimum absolute atomic E-state index is 0.222. The number of ether oxygens (including phenoxy) is 2. The van der Waals surface area contributed by atoms with Crippen molar-refractivity contribution in [1.29, 1.82) is 0 Å². The second-order valence-corrected chi connectivity index (χ2v) is 4.35. The Labute approximate surface area is 124 Å². The van der Waals surface area contributed by atoms with Crippen LogP contribution in [0.2, 0.25) is 0 Å². The fourth-order valence-corrected chi connectivity index (χ4v) is 1.67. The number of benzene rings is 1. The summed E-state index contributed by atoms with van der Waals surface area (Å²) in [6.07, 6.45) is 0.494. The van der Waals surface area contributed by atoms with Crippen molar-refractivity contribution in [2.45, 2.75) is 27.2 Å². The summed E-state index contributed by atoms with van der Waals surface area (Å²) in [5, 5.41) is 18.8. The molecule has 0 fully saturated rings. The zero-order valence-corrected chi connectivity index (χ0v) is 12.5. The molecule has 0 heterocycles. The van der Waals surface area contributed by atoms with Gasteiger partial charge in [-0.15, -0.1) is 0 Å². The van der Waals surface area contributed by atoms with Crippen molar-refractivity contribution in [3.63, 3.8) is 0 Å². The van der Waals surface area contributed by atoms with E-state index in [4.69, 9.17) is 9.47 Å². The van der Waals surface area contributed by atoms with Gasteiger partial charge in [-0.2, -0.15) is 0 Å². The Hall–Kier alpha value is -2.43. The summed E-state index contributed by atoms with van der Waals surface area (Å²) in [4.78, 5) is 11.7. The molecule has 0 atom stereocenters. The van der Waals surface area contributed by atoms with Crippen molar-refractivity contribution in [3.05, 3.63) is 41.7 Å². The quantitative estimate of drug-likeness (QED) is 0.364. The van der Waals surface area contributed by atoms with E-state index in [2.05, 4.69) is 6.58 Å². The van der Waals surface area contributed by atoms with Crippen molar-refractivity contribution >= 4 is 11.7 Å². The molecule has 1 rings (SSSR count).